The monoisotopic (exact) mass is 314 g/mol. The summed E-state index contributed by atoms with van der Waals surface area (Å²) in [5.74, 6) is -1.04. The Kier molecular flexibility index (Phi) is 3.74. The molecule has 1 saturated carbocycles. The standard InChI is InChI=1S/C18H22N2O3/c1-11(15(21)19-12-8-9-18(2,3)10-12)20-16(22)13-6-4-5-7-14(13)17(20)23/h4-7,11-12H,8-10H2,1-3H3,(H,19,21). The lowest BCUT2D eigenvalue weighted by Crippen LogP contribution is -2.50. The van der Waals surface area contributed by atoms with Crippen LogP contribution < -0.4 is 5.32 Å². The van der Waals surface area contributed by atoms with Gasteiger partial charge >= 0.3 is 0 Å². The molecule has 5 nitrogen and oxygen atoms in total. The fraction of sp³-hybridized carbons (Fsp3) is 0.500. The molecule has 3 amide bonds. The van der Waals surface area contributed by atoms with E-state index in [-0.39, 0.29) is 29.2 Å². The molecule has 3 rings (SSSR count). The number of hydrogen-bond donors (Lipinski definition) is 1. The highest BCUT2D eigenvalue weighted by atomic mass is 16.2. The zero-order chi connectivity index (χ0) is 16.8. The average Bonchev–Trinajstić information content (AvgIpc) is 2.97. The number of imide groups is 1. The number of benzene rings is 1. The number of fused-ring (bicyclic) bond motifs is 1. The molecule has 1 N–H and O–H groups in total. The maximum Gasteiger partial charge on any atom is 0.262 e. The number of nitrogens with one attached hydrogen (secondary N) is 1. The van der Waals surface area contributed by atoms with Gasteiger partial charge in [0, 0.05) is 6.04 Å². The van der Waals surface area contributed by atoms with Crippen molar-refractivity contribution in [3.63, 3.8) is 0 Å². The number of carbonyl (C=O) groups is 3. The number of amides is 3. The van der Waals surface area contributed by atoms with Gasteiger partial charge in [0.2, 0.25) is 5.91 Å². The highest BCUT2D eigenvalue weighted by molar-refractivity contribution is 6.22. The first-order chi connectivity index (χ1) is 10.8. The smallest absolute Gasteiger partial charge is 0.262 e. The number of carbonyl (C=O) groups excluding carboxylic acids is 3. The zero-order valence-corrected chi connectivity index (χ0v) is 13.8. The molecular weight excluding hydrogens is 292 g/mol. The van der Waals surface area contributed by atoms with Gasteiger partial charge in [-0.05, 0) is 43.7 Å². The predicted molar refractivity (Wildman–Crippen MR) is 86.0 cm³/mol. The van der Waals surface area contributed by atoms with Crippen molar-refractivity contribution in [2.45, 2.75) is 52.1 Å². The molecule has 0 saturated heterocycles. The highest BCUT2D eigenvalue weighted by Crippen LogP contribution is 2.37. The van der Waals surface area contributed by atoms with Gasteiger partial charge in [-0.3, -0.25) is 19.3 Å². The highest BCUT2D eigenvalue weighted by Gasteiger charge is 2.41. The van der Waals surface area contributed by atoms with Crippen molar-refractivity contribution in [3.8, 4) is 0 Å². The summed E-state index contributed by atoms with van der Waals surface area (Å²) in [7, 11) is 0. The molecule has 5 heteroatoms. The molecule has 1 fully saturated rings. The molecule has 122 valence electrons. The van der Waals surface area contributed by atoms with Gasteiger partial charge in [0.05, 0.1) is 11.1 Å². The van der Waals surface area contributed by atoms with E-state index in [2.05, 4.69) is 19.2 Å². The van der Waals surface area contributed by atoms with Gasteiger partial charge in [0.15, 0.2) is 0 Å². The van der Waals surface area contributed by atoms with Crippen LogP contribution in [0.2, 0.25) is 0 Å². The van der Waals surface area contributed by atoms with E-state index < -0.39 is 6.04 Å². The van der Waals surface area contributed by atoms with Crippen molar-refractivity contribution in [2.75, 3.05) is 0 Å². The van der Waals surface area contributed by atoms with Crippen molar-refractivity contribution in [1.29, 1.82) is 0 Å². The molecular formula is C18H22N2O3. The van der Waals surface area contributed by atoms with E-state index in [1.54, 1.807) is 31.2 Å². The minimum atomic E-state index is -0.800. The van der Waals surface area contributed by atoms with E-state index in [9.17, 15) is 14.4 Å². The quantitative estimate of drug-likeness (QED) is 0.871. The van der Waals surface area contributed by atoms with E-state index >= 15 is 0 Å². The Morgan fingerprint density at radius 1 is 1.22 bits per heavy atom. The third-order valence-electron chi connectivity index (χ3n) is 4.91. The van der Waals surface area contributed by atoms with E-state index in [1.165, 1.54) is 0 Å². The Morgan fingerprint density at radius 2 is 1.78 bits per heavy atom. The first-order valence-electron chi connectivity index (χ1n) is 8.07. The zero-order valence-electron chi connectivity index (χ0n) is 13.8. The summed E-state index contributed by atoms with van der Waals surface area (Å²) >= 11 is 0. The SMILES string of the molecule is CC(C(=O)NC1CCC(C)(C)C1)N1C(=O)c2ccccc2C1=O. The molecule has 2 atom stereocenters. The Bertz CT molecular complexity index is 646. The second-order valence-electron chi connectivity index (χ2n) is 7.31. The minimum absolute atomic E-state index is 0.120. The molecule has 0 bridgehead atoms. The molecule has 0 spiro atoms. The third kappa shape index (κ3) is 2.76. The van der Waals surface area contributed by atoms with Gasteiger partial charge in [-0.1, -0.05) is 26.0 Å². The van der Waals surface area contributed by atoms with E-state index in [1.807, 2.05) is 0 Å². The van der Waals surface area contributed by atoms with Gasteiger partial charge in [-0.25, -0.2) is 0 Å². The van der Waals surface area contributed by atoms with Crippen LogP contribution in [0.3, 0.4) is 0 Å². The molecule has 0 radical (unpaired) electrons. The number of hydrogen-bond acceptors (Lipinski definition) is 3. The van der Waals surface area contributed by atoms with Crippen LogP contribution in [-0.2, 0) is 4.79 Å². The molecule has 1 aliphatic carbocycles. The van der Waals surface area contributed by atoms with Crippen LogP contribution in [0.25, 0.3) is 0 Å². The van der Waals surface area contributed by atoms with Crippen LogP contribution in [0.1, 0.15) is 60.7 Å². The first-order valence-corrected chi connectivity index (χ1v) is 8.07. The maximum atomic E-state index is 12.5. The Hall–Kier alpha value is -2.17. The lowest BCUT2D eigenvalue weighted by molar-refractivity contribution is -0.125. The largest absolute Gasteiger partial charge is 0.352 e. The van der Waals surface area contributed by atoms with Crippen LogP contribution in [0.15, 0.2) is 24.3 Å². The summed E-state index contributed by atoms with van der Waals surface area (Å²) < 4.78 is 0. The molecule has 2 aliphatic rings. The summed E-state index contributed by atoms with van der Waals surface area (Å²) in [5.41, 5.74) is 0.981. The fourth-order valence-corrected chi connectivity index (χ4v) is 3.56. The predicted octanol–water partition coefficient (Wildman–Crippen LogP) is 2.37. The third-order valence-corrected chi connectivity index (χ3v) is 4.91. The van der Waals surface area contributed by atoms with Crippen LogP contribution in [0.4, 0.5) is 0 Å². The molecule has 2 unspecified atom stereocenters. The second kappa shape index (κ2) is 5.48. The van der Waals surface area contributed by atoms with Crippen molar-refractivity contribution in [3.05, 3.63) is 35.4 Å². The Labute approximate surface area is 136 Å². The number of rotatable bonds is 3. The lowest BCUT2D eigenvalue weighted by atomic mass is 9.92. The summed E-state index contributed by atoms with van der Waals surface area (Å²) in [5, 5.41) is 2.99. The van der Waals surface area contributed by atoms with Gasteiger partial charge in [-0.2, -0.15) is 0 Å². The normalized spacial score (nSPS) is 23.8. The molecule has 0 aromatic heterocycles. The molecule has 1 heterocycles. The van der Waals surface area contributed by atoms with E-state index in [0.29, 0.717) is 11.1 Å². The molecule has 1 aliphatic heterocycles. The van der Waals surface area contributed by atoms with Crippen molar-refractivity contribution < 1.29 is 14.4 Å². The Morgan fingerprint density at radius 3 is 2.26 bits per heavy atom. The van der Waals surface area contributed by atoms with Crippen molar-refractivity contribution in [2.24, 2.45) is 5.41 Å². The second-order valence-corrected chi connectivity index (χ2v) is 7.31. The van der Waals surface area contributed by atoms with Crippen LogP contribution in [0.5, 0.6) is 0 Å². The van der Waals surface area contributed by atoms with Gasteiger partial charge in [-0.15, -0.1) is 0 Å². The molecule has 1 aromatic rings. The summed E-state index contributed by atoms with van der Waals surface area (Å²) in [6, 6.07) is 6.01. The van der Waals surface area contributed by atoms with Crippen LogP contribution in [-0.4, -0.2) is 34.7 Å². The van der Waals surface area contributed by atoms with E-state index in [4.69, 9.17) is 0 Å². The topological polar surface area (TPSA) is 66.5 Å². The summed E-state index contributed by atoms with van der Waals surface area (Å²) in [6.45, 7) is 5.98. The lowest BCUT2D eigenvalue weighted by Gasteiger charge is -2.24. The maximum absolute atomic E-state index is 12.5. The van der Waals surface area contributed by atoms with Gasteiger partial charge in [0.25, 0.3) is 11.8 Å². The summed E-state index contributed by atoms with van der Waals surface area (Å²) in [6.07, 6.45) is 2.93. The van der Waals surface area contributed by atoms with Crippen molar-refractivity contribution in [1.82, 2.24) is 10.2 Å². The van der Waals surface area contributed by atoms with Crippen LogP contribution in [0, 0.1) is 5.41 Å². The fourth-order valence-electron chi connectivity index (χ4n) is 3.56. The Balaban J connectivity index is 1.72. The number of nitrogens with zero attached hydrogens (tertiary/aromatic N) is 1. The van der Waals surface area contributed by atoms with Gasteiger partial charge in [0.1, 0.15) is 6.04 Å². The first kappa shape index (κ1) is 15.7. The van der Waals surface area contributed by atoms with E-state index in [0.717, 1.165) is 24.2 Å². The van der Waals surface area contributed by atoms with Crippen LogP contribution >= 0.6 is 0 Å². The minimum Gasteiger partial charge on any atom is -0.352 e. The molecule has 23 heavy (non-hydrogen) atoms. The molecule has 1 aromatic carbocycles. The van der Waals surface area contributed by atoms with Gasteiger partial charge < -0.3 is 5.32 Å². The van der Waals surface area contributed by atoms with Crippen molar-refractivity contribution >= 4 is 17.7 Å². The average molecular weight is 314 g/mol. The summed E-state index contributed by atoms with van der Waals surface area (Å²) in [4.78, 5) is 38.4.